The lowest BCUT2D eigenvalue weighted by Crippen LogP contribution is -2.28. The van der Waals surface area contributed by atoms with Gasteiger partial charge in [-0.25, -0.2) is 0 Å². The van der Waals surface area contributed by atoms with E-state index >= 15 is 0 Å². The van der Waals surface area contributed by atoms with Crippen LogP contribution in [0, 0.1) is 16.0 Å². The number of rotatable bonds is 4. The van der Waals surface area contributed by atoms with E-state index in [2.05, 4.69) is 15.9 Å². The lowest BCUT2D eigenvalue weighted by atomic mass is 10.1. The van der Waals surface area contributed by atoms with Crippen LogP contribution in [-0.4, -0.2) is 29.3 Å². The third-order valence-electron chi connectivity index (χ3n) is 2.97. The molecule has 96 valence electrons. The highest BCUT2D eigenvalue weighted by molar-refractivity contribution is 9.10. The first-order valence-corrected chi connectivity index (χ1v) is 6.47. The number of benzene rings is 1. The molecule has 0 aliphatic heterocycles. The summed E-state index contributed by atoms with van der Waals surface area (Å²) in [6.07, 6.45) is 2.33. The summed E-state index contributed by atoms with van der Waals surface area (Å²) in [4.78, 5) is 24.0. The Morgan fingerprint density at radius 3 is 2.78 bits per heavy atom. The molecule has 0 aromatic heterocycles. The van der Waals surface area contributed by atoms with Gasteiger partial charge in [0.2, 0.25) is 0 Å². The summed E-state index contributed by atoms with van der Waals surface area (Å²) >= 11 is 3.10. The summed E-state index contributed by atoms with van der Waals surface area (Å²) in [5.41, 5.74) is 0.272. The third-order valence-corrected chi connectivity index (χ3v) is 3.64. The molecule has 1 aromatic rings. The predicted octanol–water partition coefficient (Wildman–Crippen LogP) is 2.84. The van der Waals surface area contributed by atoms with E-state index in [0.29, 0.717) is 16.0 Å². The van der Waals surface area contributed by atoms with Crippen LogP contribution in [0.3, 0.4) is 0 Å². The van der Waals surface area contributed by atoms with Crippen LogP contribution in [0.4, 0.5) is 5.69 Å². The minimum Gasteiger partial charge on any atom is -0.341 e. The number of hydrogen-bond acceptors (Lipinski definition) is 3. The third kappa shape index (κ3) is 2.87. The van der Waals surface area contributed by atoms with Crippen LogP contribution in [0.1, 0.15) is 23.2 Å². The Balaban J connectivity index is 2.18. The van der Waals surface area contributed by atoms with E-state index < -0.39 is 4.92 Å². The Hall–Kier alpha value is -1.43. The van der Waals surface area contributed by atoms with Crippen LogP contribution < -0.4 is 0 Å². The fraction of sp³-hybridized carbons (Fsp3) is 0.417. The molecule has 6 heteroatoms. The molecule has 0 radical (unpaired) electrons. The lowest BCUT2D eigenvalue weighted by Gasteiger charge is -2.16. The van der Waals surface area contributed by atoms with E-state index in [1.54, 1.807) is 18.0 Å². The van der Waals surface area contributed by atoms with Gasteiger partial charge in [0.25, 0.3) is 11.6 Å². The molecule has 1 aromatic carbocycles. The number of halogens is 1. The summed E-state index contributed by atoms with van der Waals surface area (Å²) < 4.78 is 0.383. The molecule has 0 atom stereocenters. The lowest BCUT2D eigenvalue weighted by molar-refractivity contribution is -0.385. The molecule has 0 saturated heterocycles. The van der Waals surface area contributed by atoms with Gasteiger partial charge < -0.3 is 4.90 Å². The highest BCUT2D eigenvalue weighted by atomic mass is 79.9. The molecule has 1 amide bonds. The second kappa shape index (κ2) is 5.06. The molecule has 1 saturated carbocycles. The molecular formula is C12H13BrN2O3. The van der Waals surface area contributed by atoms with Gasteiger partial charge in [0, 0.05) is 25.2 Å². The molecule has 0 heterocycles. The average molecular weight is 313 g/mol. The first-order chi connectivity index (χ1) is 8.49. The van der Waals surface area contributed by atoms with Gasteiger partial charge >= 0.3 is 0 Å². The van der Waals surface area contributed by atoms with E-state index in [1.807, 2.05) is 0 Å². The average Bonchev–Trinajstić information content (AvgIpc) is 3.12. The van der Waals surface area contributed by atoms with Crippen molar-refractivity contribution in [3.05, 3.63) is 38.3 Å². The summed E-state index contributed by atoms with van der Waals surface area (Å²) in [5.74, 6) is 0.432. The number of amides is 1. The second-order valence-electron chi connectivity index (χ2n) is 4.55. The van der Waals surface area contributed by atoms with Gasteiger partial charge in [0.15, 0.2) is 0 Å². The van der Waals surface area contributed by atoms with Crippen molar-refractivity contribution in [2.24, 2.45) is 5.92 Å². The Morgan fingerprint density at radius 2 is 2.22 bits per heavy atom. The van der Waals surface area contributed by atoms with Gasteiger partial charge in [-0.05, 0) is 46.8 Å². The minimum absolute atomic E-state index is 0.0827. The molecule has 1 aliphatic carbocycles. The number of nitrogens with zero attached hydrogens (tertiary/aromatic N) is 2. The maximum atomic E-state index is 12.1. The summed E-state index contributed by atoms with van der Waals surface area (Å²) in [6.45, 7) is 0.725. The number of nitro groups is 1. The Kier molecular flexibility index (Phi) is 3.65. The van der Waals surface area contributed by atoms with E-state index in [1.165, 1.54) is 12.1 Å². The van der Waals surface area contributed by atoms with E-state index in [4.69, 9.17) is 0 Å². The Labute approximate surface area is 113 Å². The van der Waals surface area contributed by atoms with Crippen molar-refractivity contribution in [3.63, 3.8) is 0 Å². The molecule has 0 bridgehead atoms. The zero-order chi connectivity index (χ0) is 13.3. The van der Waals surface area contributed by atoms with Crippen LogP contribution in [-0.2, 0) is 0 Å². The van der Waals surface area contributed by atoms with Crippen molar-refractivity contribution in [2.75, 3.05) is 13.6 Å². The highest BCUT2D eigenvalue weighted by Gasteiger charge is 2.26. The second-order valence-corrected chi connectivity index (χ2v) is 5.41. The number of nitro benzene ring substituents is 1. The van der Waals surface area contributed by atoms with Crippen LogP contribution in [0.25, 0.3) is 0 Å². The van der Waals surface area contributed by atoms with Crippen LogP contribution in [0.2, 0.25) is 0 Å². The minimum atomic E-state index is -0.498. The highest BCUT2D eigenvalue weighted by Crippen LogP contribution is 2.30. The maximum Gasteiger partial charge on any atom is 0.284 e. The van der Waals surface area contributed by atoms with Crippen molar-refractivity contribution in [2.45, 2.75) is 12.8 Å². The van der Waals surface area contributed by atoms with Crippen molar-refractivity contribution in [3.8, 4) is 0 Å². The van der Waals surface area contributed by atoms with Crippen LogP contribution in [0.5, 0.6) is 0 Å². The van der Waals surface area contributed by atoms with Gasteiger partial charge in [-0.3, -0.25) is 14.9 Å². The molecular weight excluding hydrogens is 300 g/mol. The zero-order valence-corrected chi connectivity index (χ0v) is 11.5. The van der Waals surface area contributed by atoms with Gasteiger partial charge in [0.05, 0.1) is 9.40 Å². The van der Waals surface area contributed by atoms with E-state index in [9.17, 15) is 14.9 Å². The Bertz CT molecular complexity index is 500. The first-order valence-electron chi connectivity index (χ1n) is 5.68. The first kappa shape index (κ1) is 13.0. The monoisotopic (exact) mass is 312 g/mol. The molecule has 0 N–H and O–H groups in total. The maximum absolute atomic E-state index is 12.1. The summed E-state index contributed by atoms with van der Waals surface area (Å²) in [7, 11) is 1.73. The van der Waals surface area contributed by atoms with Crippen molar-refractivity contribution in [1.29, 1.82) is 0 Å². The molecule has 1 aliphatic rings. The van der Waals surface area contributed by atoms with Crippen LogP contribution in [0.15, 0.2) is 22.7 Å². The molecule has 1 fully saturated rings. The van der Waals surface area contributed by atoms with Crippen molar-refractivity contribution in [1.82, 2.24) is 4.90 Å². The number of carbonyl (C=O) groups is 1. The molecule has 2 rings (SSSR count). The molecule has 18 heavy (non-hydrogen) atoms. The van der Waals surface area contributed by atoms with Gasteiger partial charge in [0.1, 0.15) is 0 Å². The van der Waals surface area contributed by atoms with E-state index in [-0.39, 0.29) is 11.6 Å². The number of hydrogen-bond donors (Lipinski definition) is 0. The normalized spacial score (nSPS) is 14.3. The van der Waals surface area contributed by atoms with Crippen molar-refractivity contribution >= 4 is 27.5 Å². The quantitative estimate of drug-likeness (QED) is 0.634. The zero-order valence-electron chi connectivity index (χ0n) is 9.93. The van der Waals surface area contributed by atoms with E-state index in [0.717, 1.165) is 19.4 Å². The van der Waals surface area contributed by atoms with Gasteiger partial charge in [-0.2, -0.15) is 0 Å². The smallest absolute Gasteiger partial charge is 0.284 e. The topological polar surface area (TPSA) is 63.5 Å². The van der Waals surface area contributed by atoms with Crippen molar-refractivity contribution < 1.29 is 9.72 Å². The molecule has 5 nitrogen and oxygen atoms in total. The standard InChI is InChI=1S/C12H13BrN2O3/c1-14(7-8-2-3-8)12(16)9-4-5-10(13)11(6-9)15(17)18/h4-6,8H,2-3,7H2,1H3. The molecule has 0 spiro atoms. The van der Waals surface area contributed by atoms with Crippen LogP contribution >= 0.6 is 15.9 Å². The fourth-order valence-corrected chi connectivity index (χ4v) is 2.17. The fourth-order valence-electron chi connectivity index (χ4n) is 1.78. The van der Waals surface area contributed by atoms with Gasteiger partial charge in [-0.1, -0.05) is 0 Å². The largest absolute Gasteiger partial charge is 0.341 e. The predicted molar refractivity (Wildman–Crippen MR) is 70.5 cm³/mol. The summed E-state index contributed by atoms with van der Waals surface area (Å²) in [5, 5.41) is 10.8. The molecule has 0 unspecified atom stereocenters. The SMILES string of the molecule is CN(CC1CC1)C(=O)c1ccc(Br)c([N+](=O)[O-])c1. The Morgan fingerprint density at radius 1 is 1.56 bits per heavy atom. The van der Waals surface area contributed by atoms with Gasteiger partial charge in [-0.15, -0.1) is 0 Å². The number of carbonyl (C=O) groups excluding carboxylic acids is 1. The summed E-state index contributed by atoms with van der Waals surface area (Å²) in [6, 6.07) is 4.45.